The average molecular weight is 635 g/mol. The highest BCUT2D eigenvalue weighted by Crippen LogP contribution is 2.53. The first-order valence-electron chi connectivity index (χ1n) is 13.0. The van der Waals surface area contributed by atoms with E-state index < -0.39 is 52.3 Å². The van der Waals surface area contributed by atoms with Crippen LogP contribution in [0.3, 0.4) is 0 Å². The molecule has 4 rings (SSSR count). The van der Waals surface area contributed by atoms with Gasteiger partial charge < -0.3 is 15.4 Å². The molecule has 11 heteroatoms. The second-order valence-electron chi connectivity index (χ2n) is 11.4. The van der Waals surface area contributed by atoms with E-state index in [9.17, 15) is 14.9 Å². The van der Waals surface area contributed by atoms with Crippen LogP contribution in [0.1, 0.15) is 54.6 Å². The Morgan fingerprint density at radius 3 is 2.38 bits per heavy atom. The largest absolute Gasteiger partial charge is 0.465 e. The number of amides is 1. The van der Waals surface area contributed by atoms with Gasteiger partial charge in [-0.15, -0.1) is 0 Å². The summed E-state index contributed by atoms with van der Waals surface area (Å²) in [7, 11) is 1.23. The molecule has 6 nitrogen and oxygen atoms in total. The first kappa shape index (κ1) is 31.7. The summed E-state index contributed by atoms with van der Waals surface area (Å²) in [6.07, 6.45) is 0.319. The van der Waals surface area contributed by atoms with Crippen molar-refractivity contribution in [3.63, 3.8) is 0 Å². The van der Waals surface area contributed by atoms with Gasteiger partial charge in [0, 0.05) is 22.5 Å². The molecular formula is C31H28Cl3F2N3O3. The van der Waals surface area contributed by atoms with Gasteiger partial charge in [0.1, 0.15) is 17.0 Å². The Morgan fingerprint density at radius 1 is 1.07 bits per heavy atom. The summed E-state index contributed by atoms with van der Waals surface area (Å²) in [4.78, 5) is 25.9. The van der Waals surface area contributed by atoms with Gasteiger partial charge in [0.2, 0.25) is 5.91 Å². The van der Waals surface area contributed by atoms with E-state index >= 15 is 8.78 Å². The number of esters is 1. The molecule has 2 N–H and O–H groups in total. The number of nitrogens with zero attached hydrogens (tertiary/aromatic N) is 1. The Hall–Kier alpha value is -3.22. The maximum atomic E-state index is 15.8. The highest BCUT2D eigenvalue weighted by molar-refractivity contribution is 6.34. The summed E-state index contributed by atoms with van der Waals surface area (Å²) >= 11 is 18.6. The van der Waals surface area contributed by atoms with Crippen LogP contribution < -0.4 is 10.6 Å². The number of halogens is 5. The van der Waals surface area contributed by atoms with Crippen molar-refractivity contribution in [2.24, 2.45) is 5.41 Å². The smallest absolute Gasteiger partial charge is 0.337 e. The van der Waals surface area contributed by atoms with Gasteiger partial charge in [0.05, 0.1) is 40.5 Å². The van der Waals surface area contributed by atoms with Crippen molar-refractivity contribution in [3.8, 4) is 6.07 Å². The summed E-state index contributed by atoms with van der Waals surface area (Å²) in [5.41, 5.74) is -1.89. The van der Waals surface area contributed by atoms with Crippen molar-refractivity contribution in [3.05, 3.63) is 98.0 Å². The van der Waals surface area contributed by atoms with E-state index in [2.05, 4.69) is 16.7 Å². The summed E-state index contributed by atoms with van der Waals surface area (Å²) in [5, 5.41) is 16.8. The minimum Gasteiger partial charge on any atom is -0.465 e. The number of nitrogens with one attached hydrogen (secondary N) is 2. The molecule has 0 aliphatic carbocycles. The molecule has 1 saturated heterocycles. The van der Waals surface area contributed by atoms with Crippen molar-refractivity contribution in [2.45, 2.75) is 50.6 Å². The van der Waals surface area contributed by atoms with Crippen molar-refractivity contribution in [1.29, 1.82) is 5.26 Å². The molecule has 0 saturated carbocycles. The van der Waals surface area contributed by atoms with Crippen LogP contribution in [0.4, 0.5) is 14.5 Å². The summed E-state index contributed by atoms with van der Waals surface area (Å²) in [5.74, 6) is -4.10. The van der Waals surface area contributed by atoms with E-state index in [0.29, 0.717) is 6.42 Å². The average Bonchev–Trinajstić information content (AvgIpc) is 3.23. The van der Waals surface area contributed by atoms with Crippen LogP contribution in [-0.2, 0) is 14.9 Å². The Bertz CT molecular complexity index is 1590. The molecule has 42 heavy (non-hydrogen) atoms. The number of carbonyl (C=O) groups is 2. The van der Waals surface area contributed by atoms with E-state index in [1.54, 1.807) is 0 Å². The molecule has 1 heterocycles. The lowest BCUT2D eigenvalue weighted by Crippen LogP contribution is -2.45. The molecule has 1 fully saturated rings. The van der Waals surface area contributed by atoms with Gasteiger partial charge in [-0.3, -0.25) is 4.79 Å². The number of benzene rings is 3. The first-order valence-corrected chi connectivity index (χ1v) is 14.1. The monoisotopic (exact) mass is 633 g/mol. The normalized spacial score (nSPS) is 22.0. The fraction of sp³-hybridized carbons (Fsp3) is 0.323. The van der Waals surface area contributed by atoms with Crippen molar-refractivity contribution < 1.29 is 23.1 Å². The van der Waals surface area contributed by atoms with E-state index in [-0.39, 0.29) is 37.4 Å². The van der Waals surface area contributed by atoms with Crippen LogP contribution in [0.5, 0.6) is 0 Å². The zero-order valence-electron chi connectivity index (χ0n) is 23.2. The van der Waals surface area contributed by atoms with Gasteiger partial charge >= 0.3 is 5.97 Å². The molecule has 1 aliphatic rings. The second-order valence-corrected chi connectivity index (χ2v) is 12.6. The molecule has 0 aromatic heterocycles. The van der Waals surface area contributed by atoms with Gasteiger partial charge in [-0.1, -0.05) is 73.8 Å². The van der Waals surface area contributed by atoms with Crippen LogP contribution in [0.15, 0.2) is 54.6 Å². The standard InChI is InChI=1S/C31H28Cl3F2N3O3/c1-30(2,3)14-24-31(15-37,19-10-9-17(32)13-22(19)35)25(18-6-5-7-20(33)26(18)36)27(39-24)28(40)38-23-11-8-16(12-21(23)34)29(41)42-4/h5-13,24-25,27,39H,14H2,1-4H3,(H,38,40)/t24-,25-,27+,31-/m0/s1. The number of carbonyl (C=O) groups excluding carboxylic acids is 2. The minimum atomic E-state index is -1.77. The van der Waals surface area contributed by atoms with Crippen LogP contribution >= 0.6 is 34.8 Å². The molecule has 4 atom stereocenters. The third-order valence-electron chi connectivity index (χ3n) is 7.38. The molecule has 220 valence electrons. The Balaban J connectivity index is 1.92. The highest BCUT2D eigenvalue weighted by Gasteiger charge is 2.61. The van der Waals surface area contributed by atoms with Gasteiger partial charge in [-0.05, 0) is 53.8 Å². The fourth-order valence-electron chi connectivity index (χ4n) is 5.63. The van der Waals surface area contributed by atoms with Crippen molar-refractivity contribution >= 4 is 52.4 Å². The van der Waals surface area contributed by atoms with Gasteiger partial charge in [-0.25, -0.2) is 13.6 Å². The SMILES string of the molecule is COC(=O)c1ccc(NC(=O)[C@@H]2N[C@@H](CC(C)(C)C)[C@](C#N)(c3ccc(Cl)cc3F)[C@H]2c2cccc(Cl)c2F)c(Cl)c1. The third-order valence-corrected chi connectivity index (χ3v) is 8.22. The van der Waals surface area contributed by atoms with Gasteiger partial charge in [0.15, 0.2) is 0 Å². The number of anilines is 1. The maximum absolute atomic E-state index is 15.8. The van der Waals surface area contributed by atoms with Crippen LogP contribution in [0.25, 0.3) is 0 Å². The molecular weight excluding hydrogens is 607 g/mol. The third kappa shape index (κ3) is 5.97. The number of hydrogen-bond donors (Lipinski definition) is 2. The lowest BCUT2D eigenvalue weighted by atomic mass is 9.62. The first-order chi connectivity index (χ1) is 19.7. The number of ether oxygens (including phenoxy) is 1. The van der Waals surface area contributed by atoms with Crippen molar-refractivity contribution in [2.75, 3.05) is 12.4 Å². The van der Waals surface area contributed by atoms with E-state index in [1.807, 2.05) is 20.8 Å². The summed E-state index contributed by atoms with van der Waals surface area (Å²) in [6.45, 7) is 5.83. The minimum absolute atomic E-state index is 0.0312. The van der Waals surface area contributed by atoms with Gasteiger partial charge in [-0.2, -0.15) is 5.26 Å². The van der Waals surface area contributed by atoms with Crippen LogP contribution in [0.2, 0.25) is 15.1 Å². The second kappa shape index (κ2) is 12.2. The summed E-state index contributed by atoms with van der Waals surface area (Å²) < 4.78 is 36.2. The molecule has 0 radical (unpaired) electrons. The van der Waals surface area contributed by atoms with Crippen LogP contribution in [0, 0.1) is 28.4 Å². The van der Waals surface area contributed by atoms with Crippen LogP contribution in [-0.4, -0.2) is 31.1 Å². The Labute approximate surface area is 257 Å². The topological polar surface area (TPSA) is 91.2 Å². The van der Waals surface area contributed by atoms with Crippen molar-refractivity contribution in [1.82, 2.24) is 5.32 Å². The Morgan fingerprint density at radius 2 is 1.79 bits per heavy atom. The number of nitriles is 1. The molecule has 3 aromatic rings. The maximum Gasteiger partial charge on any atom is 0.337 e. The van der Waals surface area contributed by atoms with E-state index in [0.717, 1.165) is 6.07 Å². The van der Waals surface area contributed by atoms with E-state index in [4.69, 9.17) is 39.5 Å². The fourth-order valence-corrected chi connectivity index (χ4v) is 6.20. The number of methoxy groups -OCH3 is 1. The number of rotatable bonds is 6. The molecule has 3 aromatic carbocycles. The summed E-state index contributed by atoms with van der Waals surface area (Å²) in [6, 6.07) is 12.7. The highest BCUT2D eigenvalue weighted by atomic mass is 35.5. The molecule has 0 spiro atoms. The Kier molecular flexibility index (Phi) is 9.19. The van der Waals surface area contributed by atoms with E-state index in [1.165, 1.54) is 55.6 Å². The zero-order chi connectivity index (χ0) is 31.0. The lowest BCUT2D eigenvalue weighted by molar-refractivity contribution is -0.118. The molecule has 0 unspecified atom stereocenters. The zero-order valence-corrected chi connectivity index (χ0v) is 25.5. The quantitative estimate of drug-likeness (QED) is 0.272. The number of hydrogen-bond acceptors (Lipinski definition) is 5. The molecule has 0 bridgehead atoms. The lowest BCUT2D eigenvalue weighted by Gasteiger charge is -2.37. The predicted octanol–water partition coefficient (Wildman–Crippen LogP) is 7.67. The van der Waals surface area contributed by atoms with Gasteiger partial charge in [0.25, 0.3) is 0 Å². The molecule has 1 amide bonds. The molecule has 1 aliphatic heterocycles. The predicted molar refractivity (Wildman–Crippen MR) is 159 cm³/mol.